The van der Waals surface area contributed by atoms with Crippen molar-refractivity contribution in [2.75, 3.05) is 31.3 Å². The first-order chi connectivity index (χ1) is 12.5. The minimum absolute atomic E-state index is 0.105. The summed E-state index contributed by atoms with van der Waals surface area (Å²) in [7, 11) is -3.61. The van der Waals surface area contributed by atoms with Crippen molar-refractivity contribution in [3.8, 4) is 11.5 Å². The van der Waals surface area contributed by atoms with Gasteiger partial charge in [-0.3, -0.25) is 0 Å². The highest BCUT2D eigenvalue weighted by Crippen LogP contribution is 2.33. The van der Waals surface area contributed by atoms with Crippen molar-refractivity contribution in [3.63, 3.8) is 0 Å². The molecule has 0 amide bonds. The van der Waals surface area contributed by atoms with Crippen LogP contribution in [0.5, 0.6) is 11.5 Å². The van der Waals surface area contributed by atoms with E-state index in [0.29, 0.717) is 18.0 Å². The average Bonchev–Trinajstić information content (AvgIpc) is 3.29. The van der Waals surface area contributed by atoms with Gasteiger partial charge in [-0.05, 0) is 48.7 Å². The molecule has 1 fully saturated rings. The van der Waals surface area contributed by atoms with E-state index in [-0.39, 0.29) is 23.4 Å². The summed E-state index contributed by atoms with van der Waals surface area (Å²) in [6.07, 6.45) is 0.876. The van der Waals surface area contributed by atoms with Crippen LogP contribution in [-0.2, 0) is 10.0 Å². The summed E-state index contributed by atoms with van der Waals surface area (Å²) in [4.78, 5) is 2.30. The third kappa shape index (κ3) is 3.47. The van der Waals surface area contributed by atoms with Crippen molar-refractivity contribution in [1.82, 2.24) is 4.72 Å². The first-order valence-electron chi connectivity index (χ1n) is 8.41. The minimum Gasteiger partial charge on any atom is -0.454 e. The molecule has 2 aliphatic heterocycles. The number of halogens is 1. The molecule has 4 rings (SSSR count). The lowest BCUT2D eigenvalue weighted by molar-refractivity contribution is 0.174. The molecule has 2 aromatic carbocycles. The minimum atomic E-state index is -3.61. The second-order valence-corrected chi connectivity index (χ2v) is 8.21. The predicted molar refractivity (Wildman–Crippen MR) is 94.5 cm³/mol. The van der Waals surface area contributed by atoms with E-state index in [0.717, 1.165) is 25.2 Å². The molecule has 1 atom stereocenters. The fourth-order valence-corrected chi connectivity index (χ4v) is 4.37. The van der Waals surface area contributed by atoms with Crippen molar-refractivity contribution >= 4 is 15.7 Å². The second-order valence-electron chi connectivity index (χ2n) is 6.44. The number of nitrogens with zero attached hydrogens (tertiary/aromatic N) is 1. The molecule has 2 aromatic rings. The lowest BCUT2D eigenvalue weighted by Crippen LogP contribution is -2.31. The van der Waals surface area contributed by atoms with Crippen LogP contribution in [0.15, 0.2) is 47.4 Å². The molecule has 0 saturated carbocycles. The van der Waals surface area contributed by atoms with E-state index in [1.807, 2.05) is 0 Å². The van der Waals surface area contributed by atoms with Crippen LogP contribution in [-0.4, -0.2) is 34.8 Å². The Morgan fingerprint density at radius 3 is 2.69 bits per heavy atom. The zero-order valence-corrected chi connectivity index (χ0v) is 14.8. The maximum atomic E-state index is 13.0. The number of fused-ring (bicyclic) bond motifs is 1. The van der Waals surface area contributed by atoms with E-state index in [4.69, 9.17) is 9.47 Å². The van der Waals surface area contributed by atoms with E-state index in [2.05, 4.69) is 9.62 Å². The van der Waals surface area contributed by atoms with Crippen molar-refractivity contribution in [2.45, 2.75) is 11.3 Å². The Labute approximate surface area is 151 Å². The largest absolute Gasteiger partial charge is 0.454 e. The molecule has 138 valence electrons. The summed E-state index contributed by atoms with van der Waals surface area (Å²) < 4.78 is 51.2. The van der Waals surface area contributed by atoms with Gasteiger partial charge < -0.3 is 14.4 Å². The summed E-state index contributed by atoms with van der Waals surface area (Å²) in [6.45, 7) is 2.01. The molecule has 2 heterocycles. The van der Waals surface area contributed by atoms with Gasteiger partial charge in [0.2, 0.25) is 16.8 Å². The Morgan fingerprint density at radius 1 is 1.12 bits per heavy atom. The molecular formula is C18H19FN2O4S. The lowest BCUT2D eigenvalue weighted by Gasteiger charge is -2.19. The quantitative estimate of drug-likeness (QED) is 0.865. The Morgan fingerprint density at radius 2 is 1.88 bits per heavy atom. The number of benzene rings is 2. The molecule has 0 radical (unpaired) electrons. The Balaban J connectivity index is 1.37. The zero-order valence-electron chi connectivity index (χ0n) is 14.0. The molecule has 0 spiro atoms. The summed E-state index contributed by atoms with van der Waals surface area (Å²) in [6, 6.07) is 10.9. The number of sulfonamides is 1. The van der Waals surface area contributed by atoms with E-state index < -0.39 is 10.0 Å². The number of ether oxygens (including phenoxy) is 2. The Bertz CT molecular complexity index is 902. The highest BCUT2D eigenvalue weighted by atomic mass is 32.2. The molecule has 26 heavy (non-hydrogen) atoms. The van der Waals surface area contributed by atoms with Gasteiger partial charge in [0.05, 0.1) is 4.90 Å². The number of hydrogen-bond donors (Lipinski definition) is 1. The summed E-state index contributed by atoms with van der Waals surface area (Å²) in [5.41, 5.74) is 0.951. The third-order valence-corrected chi connectivity index (χ3v) is 6.12. The summed E-state index contributed by atoms with van der Waals surface area (Å²) >= 11 is 0. The predicted octanol–water partition coefficient (Wildman–Crippen LogP) is 2.36. The van der Waals surface area contributed by atoms with Gasteiger partial charge in [0.25, 0.3) is 0 Å². The molecule has 0 aliphatic carbocycles. The Kier molecular flexibility index (Phi) is 4.46. The summed E-state index contributed by atoms with van der Waals surface area (Å²) in [5.74, 6) is 0.927. The first-order valence-corrected chi connectivity index (χ1v) is 9.89. The third-order valence-electron chi connectivity index (χ3n) is 4.69. The van der Waals surface area contributed by atoms with E-state index >= 15 is 0 Å². The van der Waals surface area contributed by atoms with Crippen molar-refractivity contribution in [2.24, 2.45) is 5.92 Å². The molecule has 0 aromatic heterocycles. The van der Waals surface area contributed by atoms with Gasteiger partial charge in [-0.15, -0.1) is 0 Å². The van der Waals surface area contributed by atoms with Crippen molar-refractivity contribution in [1.29, 1.82) is 0 Å². The van der Waals surface area contributed by atoms with E-state index in [9.17, 15) is 12.8 Å². The van der Waals surface area contributed by atoms with Crippen LogP contribution in [0.25, 0.3) is 0 Å². The molecular weight excluding hydrogens is 359 g/mol. The lowest BCUT2D eigenvalue weighted by atomic mass is 10.1. The molecule has 8 heteroatoms. The van der Waals surface area contributed by atoms with Gasteiger partial charge >= 0.3 is 0 Å². The van der Waals surface area contributed by atoms with E-state index in [1.54, 1.807) is 18.2 Å². The fraction of sp³-hybridized carbons (Fsp3) is 0.333. The van der Waals surface area contributed by atoms with Crippen molar-refractivity contribution < 1.29 is 22.3 Å². The van der Waals surface area contributed by atoms with Crippen LogP contribution in [0, 0.1) is 11.7 Å². The standard InChI is InChI=1S/C18H19FN2O4S/c19-14-1-3-15(4-2-14)21-8-7-13(11-21)10-20-26(22,23)16-5-6-17-18(9-16)25-12-24-17/h1-6,9,13,20H,7-8,10-12H2. The second kappa shape index (κ2) is 6.77. The number of rotatable bonds is 5. The molecule has 1 N–H and O–H groups in total. The number of anilines is 1. The average molecular weight is 378 g/mol. The SMILES string of the molecule is O=S(=O)(NCC1CCN(c2ccc(F)cc2)C1)c1ccc2c(c1)OCO2. The van der Waals surface area contributed by atoms with Crippen LogP contribution in [0.3, 0.4) is 0 Å². The molecule has 0 bridgehead atoms. The van der Waals surface area contributed by atoms with Crippen LogP contribution in [0.1, 0.15) is 6.42 Å². The maximum Gasteiger partial charge on any atom is 0.240 e. The van der Waals surface area contributed by atoms with Gasteiger partial charge in [0, 0.05) is 31.4 Å². The van der Waals surface area contributed by atoms with Crippen LogP contribution in [0.4, 0.5) is 10.1 Å². The van der Waals surface area contributed by atoms with Crippen molar-refractivity contribution in [3.05, 3.63) is 48.3 Å². The maximum absolute atomic E-state index is 13.0. The fourth-order valence-electron chi connectivity index (χ4n) is 3.24. The highest BCUT2D eigenvalue weighted by molar-refractivity contribution is 7.89. The number of hydrogen-bond acceptors (Lipinski definition) is 5. The molecule has 1 saturated heterocycles. The van der Waals surface area contributed by atoms with E-state index in [1.165, 1.54) is 24.3 Å². The summed E-state index contributed by atoms with van der Waals surface area (Å²) in [5, 5.41) is 0. The van der Waals surface area contributed by atoms with Crippen LogP contribution >= 0.6 is 0 Å². The monoisotopic (exact) mass is 378 g/mol. The zero-order chi connectivity index (χ0) is 18.1. The normalized spacial score (nSPS) is 19.1. The molecule has 1 unspecified atom stereocenters. The Hall–Kier alpha value is -2.32. The van der Waals surface area contributed by atoms with Gasteiger partial charge in [-0.2, -0.15) is 0 Å². The first kappa shape index (κ1) is 17.1. The molecule has 6 nitrogen and oxygen atoms in total. The van der Waals surface area contributed by atoms with Crippen LogP contribution < -0.4 is 19.1 Å². The van der Waals surface area contributed by atoms with Crippen LogP contribution in [0.2, 0.25) is 0 Å². The van der Waals surface area contributed by atoms with Gasteiger partial charge in [-0.1, -0.05) is 0 Å². The van der Waals surface area contributed by atoms with Gasteiger partial charge in [0.15, 0.2) is 11.5 Å². The highest BCUT2D eigenvalue weighted by Gasteiger charge is 2.26. The van der Waals surface area contributed by atoms with Gasteiger partial charge in [0.1, 0.15) is 5.82 Å². The van der Waals surface area contributed by atoms with Gasteiger partial charge in [-0.25, -0.2) is 17.5 Å². The number of nitrogens with one attached hydrogen (secondary N) is 1. The topological polar surface area (TPSA) is 67.9 Å². The molecule has 2 aliphatic rings. The smallest absolute Gasteiger partial charge is 0.240 e.